The van der Waals surface area contributed by atoms with E-state index < -0.39 is 15.1 Å². The van der Waals surface area contributed by atoms with E-state index in [0.29, 0.717) is 17.2 Å². The number of thioether (sulfide) groups is 1. The van der Waals surface area contributed by atoms with Crippen LogP contribution in [0.3, 0.4) is 0 Å². The van der Waals surface area contributed by atoms with Crippen molar-refractivity contribution in [1.82, 2.24) is 4.90 Å². The highest BCUT2D eigenvalue weighted by atomic mass is 32.2. The lowest BCUT2D eigenvalue weighted by Gasteiger charge is -2.32. The summed E-state index contributed by atoms with van der Waals surface area (Å²) in [6, 6.07) is 14.9. The maximum absolute atomic E-state index is 12.7. The Morgan fingerprint density at radius 2 is 1.68 bits per heavy atom. The molecule has 0 saturated carbocycles. The van der Waals surface area contributed by atoms with Crippen LogP contribution in [0.4, 0.5) is 0 Å². The van der Waals surface area contributed by atoms with Crippen LogP contribution in [0.25, 0.3) is 0 Å². The number of methoxy groups -OCH3 is 1. The number of piperidine rings is 1. The molecular formula is C24H31NO4S2. The van der Waals surface area contributed by atoms with Crippen LogP contribution in [-0.2, 0) is 21.1 Å². The molecule has 3 rings (SSSR count). The summed E-state index contributed by atoms with van der Waals surface area (Å²) >= 11 is 1.86. The number of carbonyl (C=O) groups is 1. The monoisotopic (exact) mass is 461 g/mol. The van der Waals surface area contributed by atoms with Crippen LogP contribution in [-0.4, -0.2) is 50.4 Å². The number of rotatable bonds is 8. The average Bonchev–Trinajstić information content (AvgIpc) is 2.78. The lowest BCUT2D eigenvalue weighted by Crippen LogP contribution is -2.39. The number of carbonyl (C=O) groups excluding carboxylic acids is 1. The lowest BCUT2D eigenvalue weighted by atomic mass is 9.98. The third-order valence-electron chi connectivity index (χ3n) is 5.74. The minimum absolute atomic E-state index is 0.112. The molecule has 1 amide bonds. The van der Waals surface area contributed by atoms with E-state index in [9.17, 15) is 13.2 Å². The molecule has 0 N–H and O–H groups in total. The lowest BCUT2D eigenvalue weighted by molar-refractivity contribution is -0.131. The zero-order chi connectivity index (χ0) is 22.4. The Bertz CT molecular complexity index is 962. The third kappa shape index (κ3) is 6.26. The average molecular weight is 462 g/mol. The topological polar surface area (TPSA) is 63.7 Å². The molecule has 168 valence electrons. The van der Waals surface area contributed by atoms with Crippen LogP contribution < -0.4 is 4.74 Å². The van der Waals surface area contributed by atoms with Crippen LogP contribution >= 0.6 is 11.8 Å². The highest BCUT2D eigenvalue weighted by Crippen LogP contribution is 2.28. The summed E-state index contributed by atoms with van der Waals surface area (Å²) in [7, 11) is -1.61. The minimum atomic E-state index is -3.28. The van der Waals surface area contributed by atoms with Gasteiger partial charge in [0, 0.05) is 23.7 Å². The number of nitrogens with zero attached hydrogens (tertiary/aromatic N) is 1. The first-order valence-electron chi connectivity index (χ1n) is 10.7. The van der Waals surface area contributed by atoms with Crippen molar-refractivity contribution in [3.63, 3.8) is 0 Å². The molecule has 1 heterocycles. The number of amides is 1. The van der Waals surface area contributed by atoms with Crippen LogP contribution in [0.5, 0.6) is 5.75 Å². The van der Waals surface area contributed by atoms with Gasteiger partial charge in [-0.1, -0.05) is 12.1 Å². The maximum Gasteiger partial charge on any atom is 0.226 e. The van der Waals surface area contributed by atoms with Crippen molar-refractivity contribution < 1.29 is 17.9 Å². The predicted molar refractivity (Wildman–Crippen MR) is 125 cm³/mol. The smallest absolute Gasteiger partial charge is 0.226 e. The summed E-state index contributed by atoms with van der Waals surface area (Å²) in [6.45, 7) is 4.91. The van der Waals surface area contributed by atoms with Crippen molar-refractivity contribution in [2.24, 2.45) is 5.92 Å². The second-order valence-electron chi connectivity index (χ2n) is 8.23. The summed E-state index contributed by atoms with van der Waals surface area (Å²) in [5.74, 6) is 2.64. The summed E-state index contributed by atoms with van der Waals surface area (Å²) in [6.07, 6.45) is 2.34. The summed E-state index contributed by atoms with van der Waals surface area (Å²) < 4.78 is 29.7. The number of hydrogen-bond acceptors (Lipinski definition) is 5. The standard InChI is InChI=1S/C24H31NO4S2/c1-18(2)31(27,28)23-10-4-19(5-11-23)16-24(26)25-14-12-20(13-15-25)17-30-22-8-6-21(29-3)7-9-22/h4-11,18,20H,12-17H2,1-3H3. The van der Waals surface area contributed by atoms with Gasteiger partial charge in [0.1, 0.15) is 5.75 Å². The van der Waals surface area contributed by atoms with Gasteiger partial charge in [0.15, 0.2) is 9.84 Å². The molecule has 0 aromatic heterocycles. The van der Waals surface area contributed by atoms with Crippen molar-refractivity contribution in [3.05, 3.63) is 54.1 Å². The van der Waals surface area contributed by atoms with Crippen LogP contribution in [0, 0.1) is 5.92 Å². The van der Waals surface area contributed by atoms with Crippen molar-refractivity contribution >= 4 is 27.5 Å². The largest absolute Gasteiger partial charge is 0.497 e. The Morgan fingerprint density at radius 1 is 1.06 bits per heavy atom. The Kier molecular flexibility index (Phi) is 8.06. The van der Waals surface area contributed by atoms with Gasteiger partial charge in [-0.2, -0.15) is 0 Å². The fourth-order valence-electron chi connectivity index (χ4n) is 3.59. The second-order valence-corrected chi connectivity index (χ2v) is 11.8. The Balaban J connectivity index is 1.45. The van der Waals surface area contributed by atoms with Gasteiger partial charge >= 0.3 is 0 Å². The Labute approximate surface area is 190 Å². The molecule has 31 heavy (non-hydrogen) atoms. The van der Waals surface area contributed by atoms with E-state index in [2.05, 4.69) is 12.1 Å². The summed E-state index contributed by atoms with van der Waals surface area (Å²) in [5.41, 5.74) is 0.852. The van der Waals surface area contributed by atoms with Gasteiger partial charge in [0.2, 0.25) is 5.91 Å². The van der Waals surface area contributed by atoms with Gasteiger partial charge < -0.3 is 9.64 Å². The van der Waals surface area contributed by atoms with Gasteiger partial charge in [0.25, 0.3) is 0 Å². The molecule has 0 radical (unpaired) electrons. The molecule has 0 bridgehead atoms. The molecule has 1 aliphatic heterocycles. The molecule has 0 atom stereocenters. The van der Waals surface area contributed by atoms with Gasteiger partial charge in [-0.3, -0.25) is 4.79 Å². The van der Waals surface area contributed by atoms with Crippen LogP contribution in [0.1, 0.15) is 32.3 Å². The zero-order valence-corrected chi connectivity index (χ0v) is 20.0. The normalized spacial score (nSPS) is 15.3. The molecule has 1 saturated heterocycles. The van der Waals surface area contributed by atoms with E-state index in [0.717, 1.165) is 43.0 Å². The maximum atomic E-state index is 12.7. The molecule has 2 aromatic carbocycles. The predicted octanol–water partition coefficient (Wildman–Crippen LogP) is 4.45. The van der Waals surface area contributed by atoms with Crippen LogP contribution in [0.15, 0.2) is 58.3 Å². The van der Waals surface area contributed by atoms with Crippen LogP contribution in [0.2, 0.25) is 0 Å². The Hall–Kier alpha value is -1.99. The molecular weight excluding hydrogens is 430 g/mol. The van der Waals surface area contributed by atoms with Gasteiger partial charge in [-0.15, -0.1) is 11.8 Å². The molecule has 7 heteroatoms. The Morgan fingerprint density at radius 3 is 2.23 bits per heavy atom. The van der Waals surface area contributed by atoms with Gasteiger partial charge in [-0.25, -0.2) is 8.42 Å². The first-order chi connectivity index (χ1) is 14.8. The number of hydrogen-bond donors (Lipinski definition) is 0. The van der Waals surface area contributed by atoms with Crippen molar-refractivity contribution in [3.8, 4) is 5.75 Å². The zero-order valence-electron chi connectivity index (χ0n) is 18.4. The number of benzene rings is 2. The molecule has 5 nitrogen and oxygen atoms in total. The highest BCUT2D eigenvalue weighted by molar-refractivity contribution is 7.99. The SMILES string of the molecule is COc1ccc(SCC2CCN(C(=O)Cc3ccc(S(=O)(=O)C(C)C)cc3)CC2)cc1. The van der Waals surface area contributed by atoms with E-state index in [1.165, 1.54) is 4.90 Å². The summed E-state index contributed by atoms with van der Waals surface area (Å²) in [4.78, 5) is 16.2. The highest BCUT2D eigenvalue weighted by Gasteiger charge is 2.23. The fraction of sp³-hybridized carbons (Fsp3) is 0.458. The first-order valence-corrected chi connectivity index (χ1v) is 13.2. The number of likely N-dealkylation sites (tertiary alicyclic amines) is 1. The molecule has 0 aliphatic carbocycles. The molecule has 1 fully saturated rings. The third-order valence-corrected chi connectivity index (χ3v) is 9.15. The van der Waals surface area contributed by atoms with E-state index in [1.54, 1.807) is 45.2 Å². The minimum Gasteiger partial charge on any atom is -0.497 e. The van der Waals surface area contributed by atoms with E-state index >= 15 is 0 Å². The van der Waals surface area contributed by atoms with Gasteiger partial charge in [-0.05, 0) is 74.6 Å². The van der Waals surface area contributed by atoms with E-state index in [1.807, 2.05) is 28.8 Å². The second kappa shape index (κ2) is 10.6. The summed E-state index contributed by atoms with van der Waals surface area (Å²) in [5, 5.41) is -0.454. The fourth-order valence-corrected chi connectivity index (χ4v) is 5.74. The number of sulfone groups is 1. The van der Waals surface area contributed by atoms with Gasteiger partial charge in [0.05, 0.1) is 23.7 Å². The first kappa shape index (κ1) is 23.7. The number of ether oxygens (including phenoxy) is 1. The van der Waals surface area contributed by atoms with E-state index in [-0.39, 0.29) is 5.91 Å². The van der Waals surface area contributed by atoms with Crippen molar-refractivity contribution in [2.75, 3.05) is 26.0 Å². The quantitative estimate of drug-likeness (QED) is 0.544. The van der Waals surface area contributed by atoms with Crippen molar-refractivity contribution in [1.29, 1.82) is 0 Å². The van der Waals surface area contributed by atoms with Crippen molar-refractivity contribution in [2.45, 2.75) is 48.2 Å². The molecule has 2 aromatic rings. The molecule has 1 aliphatic rings. The van der Waals surface area contributed by atoms with E-state index in [4.69, 9.17) is 4.74 Å². The molecule has 0 unspecified atom stereocenters. The molecule has 0 spiro atoms.